The van der Waals surface area contributed by atoms with Crippen LogP contribution >= 0.6 is 12.2 Å². The zero-order valence-corrected chi connectivity index (χ0v) is 18.0. The number of anilines is 1. The van der Waals surface area contributed by atoms with Crippen molar-refractivity contribution in [2.24, 2.45) is 0 Å². The predicted molar refractivity (Wildman–Crippen MR) is 123 cm³/mol. The van der Waals surface area contributed by atoms with E-state index >= 15 is 0 Å². The summed E-state index contributed by atoms with van der Waals surface area (Å²) < 4.78 is 5.77. The normalized spacial score (nSPS) is 15.2. The van der Waals surface area contributed by atoms with Gasteiger partial charge in [-0.15, -0.1) is 0 Å². The molecule has 7 nitrogen and oxygen atoms in total. The van der Waals surface area contributed by atoms with E-state index in [9.17, 15) is 14.4 Å². The van der Waals surface area contributed by atoms with Crippen molar-refractivity contribution >= 4 is 46.9 Å². The molecule has 2 aromatic carbocycles. The summed E-state index contributed by atoms with van der Waals surface area (Å²) in [6.07, 6.45) is 1.37. The minimum absolute atomic E-state index is 0.0181. The number of rotatable bonds is 4. The number of carboxylic acid groups (broad SMARTS) is 1. The van der Waals surface area contributed by atoms with Gasteiger partial charge in [0, 0.05) is 5.56 Å². The van der Waals surface area contributed by atoms with Crippen LogP contribution in [0.4, 0.5) is 5.69 Å². The van der Waals surface area contributed by atoms with Crippen LogP contribution in [0.3, 0.4) is 0 Å². The van der Waals surface area contributed by atoms with Crippen molar-refractivity contribution in [3.63, 3.8) is 0 Å². The minimum atomic E-state index is -1.02. The zero-order chi connectivity index (χ0) is 23.0. The molecule has 0 radical (unpaired) electrons. The number of nitrogens with zero attached hydrogens (tertiary/aromatic N) is 1. The second-order valence-electron chi connectivity index (χ2n) is 7.33. The van der Waals surface area contributed by atoms with Gasteiger partial charge in [-0.3, -0.25) is 19.8 Å². The Labute approximate surface area is 189 Å². The van der Waals surface area contributed by atoms with E-state index in [-0.39, 0.29) is 16.2 Å². The largest absolute Gasteiger partial charge is 0.478 e. The number of thiocarbonyl (C=S) groups is 1. The number of hydrogen-bond acceptors (Lipinski definition) is 5. The smallest absolute Gasteiger partial charge is 0.335 e. The Balaban J connectivity index is 1.67. The molecule has 1 saturated heterocycles. The van der Waals surface area contributed by atoms with Crippen LogP contribution in [-0.4, -0.2) is 28.0 Å². The lowest BCUT2D eigenvalue weighted by molar-refractivity contribution is -0.122. The second kappa shape index (κ2) is 8.24. The number of hydrogen-bond donors (Lipinski definition) is 2. The first-order chi connectivity index (χ1) is 15.2. The van der Waals surface area contributed by atoms with E-state index < -0.39 is 17.8 Å². The summed E-state index contributed by atoms with van der Waals surface area (Å²) in [6, 6.07) is 15.1. The first kappa shape index (κ1) is 21.2. The van der Waals surface area contributed by atoms with Gasteiger partial charge in [0.1, 0.15) is 17.1 Å². The third kappa shape index (κ3) is 3.95. The van der Waals surface area contributed by atoms with Gasteiger partial charge in [-0.05, 0) is 73.6 Å². The summed E-state index contributed by atoms with van der Waals surface area (Å²) in [6.45, 7) is 3.77. The molecule has 0 saturated carbocycles. The van der Waals surface area contributed by atoms with E-state index in [1.54, 1.807) is 24.3 Å². The third-order valence-corrected chi connectivity index (χ3v) is 5.32. The Morgan fingerprint density at radius 2 is 1.78 bits per heavy atom. The number of furan rings is 1. The molecule has 3 aromatic rings. The van der Waals surface area contributed by atoms with Crippen LogP contribution in [-0.2, 0) is 9.59 Å². The van der Waals surface area contributed by atoms with E-state index in [0.29, 0.717) is 22.8 Å². The number of aromatic carboxylic acids is 1. The maximum Gasteiger partial charge on any atom is 0.335 e. The van der Waals surface area contributed by atoms with Gasteiger partial charge in [0.05, 0.1) is 11.3 Å². The maximum absolute atomic E-state index is 13.2. The number of nitrogens with one attached hydrogen (secondary N) is 1. The van der Waals surface area contributed by atoms with Crippen LogP contribution in [0.1, 0.15) is 27.2 Å². The monoisotopic (exact) mass is 446 g/mol. The number of benzene rings is 2. The Morgan fingerprint density at radius 3 is 2.47 bits per heavy atom. The number of carbonyl (C=O) groups excluding carboxylic acids is 2. The summed E-state index contributed by atoms with van der Waals surface area (Å²) in [4.78, 5) is 38.0. The van der Waals surface area contributed by atoms with Crippen LogP contribution in [0.15, 0.2) is 64.6 Å². The van der Waals surface area contributed by atoms with Crippen molar-refractivity contribution in [1.29, 1.82) is 0 Å². The van der Waals surface area contributed by atoms with E-state index in [0.717, 1.165) is 11.1 Å². The highest BCUT2D eigenvalue weighted by Crippen LogP contribution is 2.28. The van der Waals surface area contributed by atoms with Crippen molar-refractivity contribution < 1.29 is 23.9 Å². The van der Waals surface area contributed by atoms with Crippen LogP contribution in [0, 0.1) is 13.8 Å². The van der Waals surface area contributed by atoms with Gasteiger partial charge in [-0.2, -0.15) is 0 Å². The molecule has 4 rings (SSSR count). The Bertz CT molecular complexity index is 1300. The van der Waals surface area contributed by atoms with Crippen LogP contribution in [0.25, 0.3) is 17.4 Å². The van der Waals surface area contributed by atoms with Gasteiger partial charge in [0.25, 0.3) is 11.8 Å². The molecule has 160 valence electrons. The molecule has 0 atom stereocenters. The van der Waals surface area contributed by atoms with Crippen molar-refractivity contribution in [2.75, 3.05) is 4.90 Å². The second-order valence-corrected chi connectivity index (χ2v) is 7.72. The van der Waals surface area contributed by atoms with Gasteiger partial charge >= 0.3 is 5.97 Å². The molecule has 1 aliphatic rings. The van der Waals surface area contributed by atoms with Crippen molar-refractivity contribution in [2.45, 2.75) is 13.8 Å². The highest BCUT2D eigenvalue weighted by atomic mass is 32.1. The molecular weight excluding hydrogens is 428 g/mol. The Morgan fingerprint density at radius 1 is 1.06 bits per heavy atom. The Kier molecular flexibility index (Phi) is 5.46. The predicted octanol–water partition coefficient (Wildman–Crippen LogP) is 4.09. The van der Waals surface area contributed by atoms with Gasteiger partial charge in [0.2, 0.25) is 0 Å². The third-order valence-electron chi connectivity index (χ3n) is 5.04. The van der Waals surface area contributed by atoms with Crippen LogP contribution in [0.5, 0.6) is 0 Å². The SMILES string of the molecule is Cc1ccc(C)c(N2C(=O)/C(=C/c3ccc(-c4ccc(C(=O)O)cc4)o3)C(=O)NC2=S)c1. The quantitative estimate of drug-likeness (QED) is 0.356. The zero-order valence-electron chi connectivity index (χ0n) is 17.2. The molecule has 0 bridgehead atoms. The van der Waals surface area contributed by atoms with Gasteiger partial charge in [-0.1, -0.05) is 24.3 Å². The molecule has 2 amide bonds. The first-order valence-electron chi connectivity index (χ1n) is 9.67. The summed E-state index contributed by atoms with van der Waals surface area (Å²) >= 11 is 5.26. The molecule has 2 heterocycles. The van der Waals surface area contributed by atoms with Gasteiger partial charge in [0.15, 0.2) is 5.11 Å². The van der Waals surface area contributed by atoms with Crippen molar-refractivity contribution in [3.8, 4) is 11.3 Å². The Hall–Kier alpha value is -4.04. The van der Waals surface area contributed by atoms with E-state index in [2.05, 4.69) is 5.32 Å². The lowest BCUT2D eigenvalue weighted by Gasteiger charge is -2.30. The summed E-state index contributed by atoms with van der Waals surface area (Å²) in [5.41, 5.74) is 3.11. The highest BCUT2D eigenvalue weighted by Gasteiger charge is 2.35. The fourth-order valence-corrected chi connectivity index (χ4v) is 3.62. The molecule has 2 N–H and O–H groups in total. The fourth-order valence-electron chi connectivity index (χ4n) is 3.34. The molecule has 0 unspecified atom stereocenters. The summed E-state index contributed by atoms with van der Waals surface area (Å²) in [5.74, 6) is -1.40. The van der Waals surface area contributed by atoms with Gasteiger partial charge < -0.3 is 9.52 Å². The first-order valence-corrected chi connectivity index (χ1v) is 10.1. The summed E-state index contributed by atoms with van der Waals surface area (Å²) in [7, 11) is 0. The average Bonchev–Trinajstić information content (AvgIpc) is 3.22. The van der Waals surface area contributed by atoms with E-state index in [1.165, 1.54) is 23.1 Å². The molecule has 32 heavy (non-hydrogen) atoms. The average molecular weight is 446 g/mol. The van der Waals surface area contributed by atoms with E-state index in [1.807, 2.05) is 32.0 Å². The number of aryl methyl sites for hydroxylation is 2. The highest BCUT2D eigenvalue weighted by molar-refractivity contribution is 7.80. The lowest BCUT2D eigenvalue weighted by atomic mass is 10.1. The summed E-state index contributed by atoms with van der Waals surface area (Å²) in [5, 5.41) is 11.6. The molecule has 0 spiro atoms. The number of carboxylic acids is 1. The van der Waals surface area contributed by atoms with Gasteiger partial charge in [-0.25, -0.2) is 4.79 Å². The molecule has 0 aliphatic carbocycles. The maximum atomic E-state index is 13.2. The fraction of sp³-hybridized carbons (Fsp3) is 0.0833. The number of carbonyl (C=O) groups is 3. The van der Waals surface area contributed by atoms with Crippen molar-refractivity contribution in [1.82, 2.24) is 5.32 Å². The van der Waals surface area contributed by atoms with Crippen molar-refractivity contribution in [3.05, 3.63) is 82.6 Å². The molecular formula is C24H18N2O5S. The topological polar surface area (TPSA) is 99.8 Å². The molecule has 1 aliphatic heterocycles. The van der Waals surface area contributed by atoms with Crippen LogP contribution in [0.2, 0.25) is 0 Å². The lowest BCUT2D eigenvalue weighted by Crippen LogP contribution is -2.54. The molecule has 8 heteroatoms. The molecule has 1 fully saturated rings. The molecule has 1 aromatic heterocycles. The standard InChI is InChI=1S/C24H18N2O5S/c1-13-3-4-14(2)19(11-13)26-22(28)18(21(27)25-24(26)32)12-17-9-10-20(31-17)15-5-7-16(8-6-15)23(29)30/h3-12H,1-2H3,(H,29,30)(H,25,27,32)/b18-12+. The minimum Gasteiger partial charge on any atom is -0.478 e. The van der Waals surface area contributed by atoms with Crippen LogP contribution < -0.4 is 10.2 Å². The number of amides is 2. The van der Waals surface area contributed by atoms with E-state index in [4.69, 9.17) is 21.7 Å².